The van der Waals surface area contributed by atoms with Gasteiger partial charge in [0.05, 0.1) is 24.7 Å². The van der Waals surface area contributed by atoms with Gasteiger partial charge in [-0.3, -0.25) is 10.1 Å². The van der Waals surface area contributed by atoms with Crippen molar-refractivity contribution < 1.29 is 9.53 Å². The van der Waals surface area contributed by atoms with Crippen LogP contribution in [0.2, 0.25) is 0 Å². The van der Waals surface area contributed by atoms with Gasteiger partial charge < -0.3 is 15.0 Å². The lowest BCUT2D eigenvalue weighted by Crippen LogP contribution is -2.28. The molecule has 0 saturated carbocycles. The number of nitrogens with two attached hydrogens (primary N) is 1. The first-order valence-corrected chi connectivity index (χ1v) is 8.21. The largest absolute Gasteiger partial charge is 0.497 e. The molecule has 0 radical (unpaired) electrons. The quantitative estimate of drug-likeness (QED) is 0.694. The van der Waals surface area contributed by atoms with E-state index in [1.54, 1.807) is 14.0 Å². The second-order valence-corrected chi connectivity index (χ2v) is 5.99. The number of methoxy groups -OCH3 is 1. The Bertz CT molecular complexity index is 894. The van der Waals surface area contributed by atoms with Gasteiger partial charge in [0, 0.05) is 12.5 Å². The Morgan fingerprint density at radius 3 is 2.77 bits per heavy atom. The van der Waals surface area contributed by atoms with Crippen molar-refractivity contribution in [2.75, 3.05) is 19.0 Å². The van der Waals surface area contributed by atoms with Gasteiger partial charge in [-0.25, -0.2) is 4.98 Å². The molecule has 0 bridgehead atoms. The number of anilines is 1. The van der Waals surface area contributed by atoms with Gasteiger partial charge in [0.1, 0.15) is 5.75 Å². The summed E-state index contributed by atoms with van der Waals surface area (Å²) in [6.07, 6.45) is 0. The Hall–Kier alpha value is -2.57. The number of carbonyl (C=O) groups excluding carboxylic acids is 1. The number of imidazole rings is 1. The Morgan fingerprint density at radius 1 is 1.27 bits per heavy atom. The number of hydrogen-bond donors (Lipinski definition) is 2. The maximum atomic E-state index is 12.3. The molecule has 0 spiro atoms. The Kier molecular flexibility index (Phi) is 6.60. The van der Waals surface area contributed by atoms with Crippen LogP contribution in [0.15, 0.2) is 48.5 Å². The van der Waals surface area contributed by atoms with Crippen molar-refractivity contribution in [1.82, 2.24) is 9.55 Å². The minimum Gasteiger partial charge on any atom is -0.497 e. The summed E-state index contributed by atoms with van der Waals surface area (Å²) in [5, 5.41) is 2.90. The highest BCUT2D eigenvalue weighted by molar-refractivity contribution is 5.93. The van der Waals surface area contributed by atoms with Crippen LogP contribution in [-0.4, -0.2) is 29.1 Å². The van der Waals surface area contributed by atoms with Crippen molar-refractivity contribution in [2.24, 2.45) is 11.7 Å². The maximum absolute atomic E-state index is 12.3. The zero-order valence-electron chi connectivity index (χ0n) is 14.8. The number of rotatable bonds is 6. The summed E-state index contributed by atoms with van der Waals surface area (Å²) < 4.78 is 7.29. The van der Waals surface area contributed by atoms with Crippen LogP contribution in [0.3, 0.4) is 0 Å². The second-order valence-electron chi connectivity index (χ2n) is 5.99. The summed E-state index contributed by atoms with van der Waals surface area (Å²) in [5.74, 6) is 0.911. The van der Waals surface area contributed by atoms with Crippen LogP contribution in [0.5, 0.6) is 5.75 Å². The first kappa shape index (κ1) is 19.8. The van der Waals surface area contributed by atoms with Gasteiger partial charge in [0.25, 0.3) is 0 Å². The summed E-state index contributed by atoms with van der Waals surface area (Å²) in [7, 11) is 1.64. The van der Waals surface area contributed by atoms with Crippen molar-refractivity contribution in [3.8, 4) is 5.75 Å². The van der Waals surface area contributed by atoms with Crippen LogP contribution in [0.4, 0.5) is 5.95 Å². The molecule has 0 aliphatic rings. The van der Waals surface area contributed by atoms with Crippen molar-refractivity contribution in [3.05, 3.63) is 54.1 Å². The molecule has 3 rings (SSSR count). The molecule has 1 unspecified atom stereocenters. The number of benzene rings is 2. The average Bonchev–Trinajstić information content (AvgIpc) is 2.98. The molecule has 0 fully saturated rings. The van der Waals surface area contributed by atoms with E-state index in [0.29, 0.717) is 19.0 Å². The van der Waals surface area contributed by atoms with Crippen molar-refractivity contribution in [2.45, 2.75) is 13.5 Å². The van der Waals surface area contributed by atoms with Crippen molar-refractivity contribution in [3.63, 3.8) is 0 Å². The summed E-state index contributed by atoms with van der Waals surface area (Å²) in [6.45, 7) is 2.66. The van der Waals surface area contributed by atoms with Crippen LogP contribution in [0.25, 0.3) is 11.0 Å². The van der Waals surface area contributed by atoms with E-state index < -0.39 is 0 Å². The lowest BCUT2D eigenvalue weighted by molar-refractivity contribution is -0.119. The maximum Gasteiger partial charge on any atom is 0.230 e. The third-order valence-electron chi connectivity index (χ3n) is 4.17. The van der Waals surface area contributed by atoms with E-state index in [-0.39, 0.29) is 24.2 Å². The highest BCUT2D eigenvalue weighted by Gasteiger charge is 2.17. The van der Waals surface area contributed by atoms with Gasteiger partial charge in [0.2, 0.25) is 11.9 Å². The number of fused-ring (bicyclic) bond motifs is 1. The first-order valence-electron chi connectivity index (χ1n) is 8.21. The van der Waals surface area contributed by atoms with Gasteiger partial charge in [-0.2, -0.15) is 0 Å². The zero-order valence-corrected chi connectivity index (χ0v) is 15.6. The van der Waals surface area contributed by atoms with Crippen LogP contribution in [-0.2, 0) is 11.3 Å². The molecule has 1 aromatic heterocycles. The molecular weight excluding hydrogens is 352 g/mol. The number of hydrogen-bond acceptors (Lipinski definition) is 4. The van der Waals surface area contributed by atoms with E-state index >= 15 is 0 Å². The lowest BCUT2D eigenvalue weighted by Gasteiger charge is -2.13. The zero-order chi connectivity index (χ0) is 17.8. The monoisotopic (exact) mass is 374 g/mol. The summed E-state index contributed by atoms with van der Waals surface area (Å²) in [5.41, 5.74) is 8.45. The minimum absolute atomic E-state index is 0. The second kappa shape index (κ2) is 8.69. The fourth-order valence-electron chi connectivity index (χ4n) is 2.62. The highest BCUT2D eigenvalue weighted by atomic mass is 35.5. The molecule has 7 heteroatoms. The van der Waals surface area contributed by atoms with Crippen LogP contribution in [0.1, 0.15) is 12.5 Å². The van der Waals surface area contributed by atoms with Gasteiger partial charge in [0.15, 0.2) is 0 Å². The van der Waals surface area contributed by atoms with Crippen LogP contribution in [0, 0.1) is 5.92 Å². The van der Waals surface area contributed by atoms with E-state index in [0.717, 1.165) is 22.3 Å². The average molecular weight is 375 g/mol. The molecule has 0 aliphatic heterocycles. The smallest absolute Gasteiger partial charge is 0.230 e. The first-order chi connectivity index (χ1) is 12.1. The number of amides is 1. The number of carbonyl (C=O) groups is 1. The molecule has 0 aliphatic carbocycles. The molecular formula is C19H23ClN4O2. The van der Waals surface area contributed by atoms with Gasteiger partial charge in [-0.15, -0.1) is 12.4 Å². The fraction of sp³-hybridized carbons (Fsp3) is 0.263. The van der Waals surface area contributed by atoms with E-state index in [9.17, 15) is 4.79 Å². The molecule has 2 aromatic carbocycles. The van der Waals surface area contributed by atoms with Gasteiger partial charge in [-0.1, -0.05) is 31.2 Å². The summed E-state index contributed by atoms with van der Waals surface area (Å²) in [6, 6.07) is 15.7. The number of ether oxygens (including phenoxy) is 1. The summed E-state index contributed by atoms with van der Waals surface area (Å²) in [4.78, 5) is 16.8. The Labute approximate surface area is 158 Å². The lowest BCUT2D eigenvalue weighted by atomic mass is 10.2. The fourth-order valence-corrected chi connectivity index (χ4v) is 2.62. The van der Waals surface area contributed by atoms with Gasteiger partial charge >= 0.3 is 0 Å². The number of para-hydroxylation sites is 2. The molecule has 1 heterocycles. The molecule has 0 saturated heterocycles. The molecule has 138 valence electrons. The van der Waals surface area contributed by atoms with Crippen LogP contribution < -0.4 is 15.8 Å². The molecule has 1 atom stereocenters. The number of nitrogens with one attached hydrogen (secondary N) is 1. The number of nitrogens with zero attached hydrogens (tertiary/aromatic N) is 2. The highest BCUT2D eigenvalue weighted by Crippen LogP contribution is 2.23. The standard InChI is InChI=1S/C19H22N4O2.ClH/c1-13(11-20)18(24)22-19-21-16-8-3-4-9-17(16)23(19)12-14-6-5-7-15(10-14)25-2;/h3-10,13H,11-12,20H2,1-2H3,(H,21,22,24);1H. The number of aromatic nitrogens is 2. The third kappa shape index (κ3) is 4.15. The van der Waals surface area contributed by atoms with Crippen LogP contribution >= 0.6 is 12.4 Å². The summed E-state index contributed by atoms with van der Waals surface area (Å²) >= 11 is 0. The minimum atomic E-state index is -0.273. The van der Waals surface area contributed by atoms with E-state index in [1.807, 2.05) is 53.1 Å². The molecule has 26 heavy (non-hydrogen) atoms. The Morgan fingerprint density at radius 2 is 2.04 bits per heavy atom. The van der Waals surface area contributed by atoms with E-state index in [1.165, 1.54) is 0 Å². The predicted molar refractivity (Wildman–Crippen MR) is 106 cm³/mol. The molecule has 1 amide bonds. The van der Waals surface area contributed by atoms with Crippen molar-refractivity contribution in [1.29, 1.82) is 0 Å². The van der Waals surface area contributed by atoms with E-state index in [2.05, 4.69) is 10.3 Å². The topological polar surface area (TPSA) is 82.2 Å². The van der Waals surface area contributed by atoms with E-state index in [4.69, 9.17) is 10.5 Å². The molecule has 3 aromatic rings. The van der Waals surface area contributed by atoms with Crippen molar-refractivity contribution >= 4 is 35.3 Å². The molecule has 6 nitrogen and oxygen atoms in total. The number of halogens is 1. The SMILES string of the molecule is COc1cccc(Cn2c(NC(=O)C(C)CN)nc3ccccc32)c1.Cl. The normalized spacial score (nSPS) is 11.7. The Balaban J connectivity index is 0.00000243. The molecule has 3 N–H and O–H groups in total. The van der Waals surface area contributed by atoms with Gasteiger partial charge in [-0.05, 0) is 29.8 Å². The third-order valence-corrected chi connectivity index (χ3v) is 4.17. The predicted octanol–water partition coefficient (Wildman–Crippen LogP) is 3.05.